The van der Waals surface area contributed by atoms with Crippen molar-refractivity contribution in [3.05, 3.63) is 52.3 Å². The zero-order valence-electron chi connectivity index (χ0n) is 19.9. The maximum atomic E-state index is 13.2. The quantitative estimate of drug-likeness (QED) is 0.511. The van der Waals surface area contributed by atoms with Crippen LogP contribution in [0.3, 0.4) is 0 Å². The van der Waals surface area contributed by atoms with Gasteiger partial charge < -0.3 is 15.4 Å². The van der Waals surface area contributed by atoms with Gasteiger partial charge in [-0.3, -0.25) is 19.9 Å². The summed E-state index contributed by atoms with van der Waals surface area (Å²) in [7, 11) is 0. The van der Waals surface area contributed by atoms with Crippen molar-refractivity contribution < 1.29 is 27.5 Å². The van der Waals surface area contributed by atoms with Gasteiger partial charge in [0.2, 0.25) is 5.91 Å². The number of benzene rings is 1. The van der Waals surface area contributed by atoms with Crippen molar-refractivity contribution in [3.8, 4) is 0 Å². The normalized spacial score (nSPS) is 24.2. The summed E-state index contributed by atoms with van der Waals surface area (Å²) in [6.45, 7) is 4.17. The molecule has 2 amide bonds. The number of ether oxygens (including phenoxy) is 1. The number of carbonyl (C=O) groups is 2. The molecule has 0 radical (unpaired) electrons. The number of anilines is 1. The zero-order valence-corrected chi connectivity index (χ0v) is 21.4. The van der Waals surface area contributed by atoms with Gasteiger partial charge in [-0.2, -0.15) is 13.2 Å². The summed E-state index contributed by atoms with van der Waals surface area (Å²) in [4.78, 5) is 27.2. The topological polar surface area (TPSA) is 120 Å². The Morgan fingerprint density at radius 1 is 1.30 bits per heavy atom. The van der Waals surface area contributed by atoms with Crippen LogP contribution in [-0.2, 0) is 21.2 Å². The minimum Gasteiger partial charge on any atom is -0.378 e. The van der Waals surface area contributed by atoms with Crippen molar-refractivity contribution in [1.29, 1.82) is 5.41 Å². The number of hydrogen-bond donors (Lipinski definition) is 3. The van der Waals surface area contributed by atoms with E-state index in [1.165, 1.54) is 11.0 Å². The summed E-state index contributed by atoms with van der Waals surface area (Å²) in [6, 6.07) is 6.24. The molecule has 1 aromatic heterocycles. The molecule has 3 N–H and O–H groups in total. The average molecular weight is 561 g/mol. The highest BCUT2D eigenvalue weighted by atomic mass is 35.5. The molecule has 200 valence electrons. The first-order chi connectivity index (χ1) is 16.9. The van der Waals surface area contributed by atoms with E-state index in [0.29, 0.717) is 31.1 Å². The number of carbonyl (C=O) groups excluding carboxylic acids is 2. The average Bonchev–Trinajstić information content (AvgIpc) is 2.79. The van der Waals surface area contributed by atoms with Crippen molar-refractivity contribution in [2.24, 2.45) is 0 Å². The molecule has 3 heterocycles. The van der Waals surface area contributed by atoms with Gasteiger partial charge in [0.25, 0.3) is 5.91 Å². The SMILES string of the molecule is C[C@@H]1C[C@H](N2C(=N)N[C@](C)(c3cccc(NC(=O)c4ccc(C(F)(F)F)nn4)c3Cl)CC2=O)CCO1.Cl. The number of alkyl halides is 3. The van der Waals surface area contributed by atoms with Gasteiger partial charge in [-0.05, 0) is 50.5 Å². The number of aromatic nitrogens is 2. The number of amides is 2. The lowest BCUT2D eigenvalue weighted by Crippen LogP contribution is -2.63. The molecule has 0 bridgehead atoms. The third-order valence-corrected chi connectivity index (χ3v) is 6.67. The highest BCUT2D eigenvalue weighted by Crippen LogP contribution is 2.38. The molecule has 2 aromatic rings. The van der Waals surface area contributed by atoms with E-state index in [0.717, 1.165) is 6.07 Å². The second kappa shape index (κ2) is 10.8. The Morgan fingerprint density at radius 3 is 2.62 bits per heavy atom. The Bertz CT molecular complexity index is 1180. The van der Waals surface area contributed by atoms with Gasteiger partial charge in [0.15, 0.2) is 17.3 Å². The first-order valence-electron chi connectivity index (χ1n) is 11.2. The van der Waals surface area contributed by atoms with Crippen molar-refractivity contribution in [2.75, 3.05) is 11.9 Å². The van der Waals surface area contributed by atoms with E-state index in [1.54, 1.807) is 19.1 Å². The van der Waals surface area contributed by atoms with Gasteiger partial charge in [-0.15, -0.1) is 22.6 Å². The van der Waals surface area contributed by atoms with Gasteiger partial charge in [0, 0.05) is 12.6 Å². The fourth-order valence-corrected chi connectivity index (χ4v) is 4.86. The maximum Gasteiger partial charge on any atom is 0.435 e. The molecule has 2 aliphatic rings. The molecule has 3 atom stereocenters. The van der Waals surface area contributed by atoms with E-state index in [4.69, 9.17) is 21.7 Å². The molecule has 14 heteroatoms. The molecule has 37 heavy (non-hydrogen) atoms. The van der Waals surface area contributed by atoms with E-state index >= 15 is 0 Å². The van der Waals surface area contributed by atoms with Gasteiger partial charge >= 0.3 is 6.18 Å². The van der Waals surface area contributed by atoms with E-state index in [1.807, 2.05) is 6.92 Å². The summed E-state index contributed by atoms with van der Waals surface area (Å²) in [5, 5.41) is 20.7. The van der Waals surface area contributed by atoms with E-state index in [9.17, 15) is 22.8 Å². The predicted molar refractivity (Wildman–Crippen MR) is 132 cm³/mol. The molecule has 0 spiro atoms. The standard InChI is InChI=1S/C23H24ClF3N6O3.ClH/c1-12-10-13(8-9-36-12)33-18(34)11-22(2,30-21(33)28)14-4-3-5-15(19(14)24)29-20(35)16-6-7-17(32-31-16)23(25,26)27;/h3-7,12-13H,8-11H2,1-2H3,(H2,28,30)(H,29,35);1H/t12-,13-,22+;/m1./s1. The Labute approximate surface area is 222 Å². The Morgan fingerprint density at radius 2 is 2.03 bits per heavy atom. The minimum absolute atomic E-state index is 0. The van der Waals surface area contributed by atoms with Crippen LogP contribution in [0.5, 0.6) is 0 Å². The third kappa shape index (κ3) is 5.97. The summed E-state index contributed by atoms with van der Waals surface area (Å²) < 4.78 is 43.7. The lowest BCUT2D eigenvalue weighted by Gasteiger charge is -2.45. The van der Waals surface area contributed by atoms with Crippen LogP contribution in [0.25, 0.3) is 0 Å². The number of nitrogens with one attached hydrogen (secondary N) is 3. The molecule has 0 aliphatic carbocycles. The Kier molecular flexibility index (Phi) is 8.35. The van der Waals surface area contributed by atoms with Crippen LogP contribution in [0.1, 0.15) is 54.9 Å². The highest BCUT2D eigenvalue weighted by Gasteiger charge is 2.44. The first kappa shape index (κ1) is 28.6. The van der Waals surface area contributed by atoms with Crippen LogP contribution >= 0.6 is 24.0 Å². The summed E-state index contributed by atoms with van der Waals surface area (Å²) in [5.41, 5.74) is -1.94. The monoisotopic (exact) mass is 560 g/mol. The molecular formula is C23H25Cl2F3N6O3. The second-order valence-corrected chi connectivity index (χ2v) is 9.41. The van der Waals surface area contributed by atoms with Gasteiger partial charge in [0.05, 0.1) is 28.8 Å². The van der Waals surface area contributed by atoms with E-state index in [2.05, 4.69) is 20.8 Å². The largest absolute Gasteiger partial charge is 0.435 e. The molecule has 2 saturated heterocycles. The lowest BCUT2D eigenvalue weighted by atomic mass is 9.85. The van der Waals surface area contributed by atoms with Gasteiger partial charge in [-0.25, -0.2) is 0 Å². The van der Waals surface area contributed by atoms with Crippen LogP contribution < -0.4 is 10.6 Å². The number of rotatable bonds is 4. The summed E-state index contributed by atoms with van der Waals surface area (Å²) in [5.74, 6) is -1.08. The Hall–Kier alpha value is -2.96. The fraction of sp³-hybridized carbons (Fsp3) is 0.435. The highest BCUT2D eigenvalue weighted by molar-refractivity contribution is 6.35. The van der Waals surface area contributed by atoms with Crippen molar-refractivity contribution in [2.45, 2.75) is 57.0 Å². The summed E-state index contributed by atoms with van der Waals surface area (Å²) >= 11 is 6.60. The molecule has 2 aliphatic heterocycles. The lowest BCUT2D eigenvalue weighted by molar-refractivity contribution is -0.141. The van der Waals surface area contributed by atoms with Crippen LogP contribution in [0.15, 0.2) is 30.3 Å². The van der Waals surface area contributed by atoms with Crippen LogP contribution in [0.2, 0.25) is 5.02 Å². The third-order valence-electron chi connectivity index (χ3n) is 6.26. The maximum absolute atomic E-state index is 13.2. The van der Waals surface area contributed by atoms with Crippen LogP contribution in [0, 0.1) is 5.41 Å². The minimum atomic E-state index is -4.67. The zero-order chi connectivity index (χ0) is 26.3. The molecule has 1 aromatic carbocycles. The smallest absolute Gasteiger partial charge is 0.378 e. The van der Waals surface area contributed by atoms with Crippen molar-refractivity contribution >= 4 is 47.5 Å². The molecule has 0 saturated carbocycles. The summed E-state index contributed by atoms with van der Waals surface area (Å²) in [6.07, 6.45) is -3.41. The first-order valence-corrected chi connectivity index (χ1v) is 11.6. The van der Waals surface area contributed by atoms with Crippen molar-refractivity contribution in [3.63, 3.8) is 0 Å². The number of halogens is 5. The van der Waals surface area contributed by atoms with Crippen LogP contribution in [0.4, 0.5) is 18.9 Å². The fourth-order valence-electron chi connectivity index (χ4n) is 4.48. The van der Waals surface area contributed by atoms with Gasteiger partial charge in [-0.1, -0.05) is 23.7 Å². The number of hydrogen-bond acceptors (Lipinski definition) is 6. The molecule has 2 fully saturated rings. The van der Waals surface area contributed by atoms with Gasteiger partial charge in [0.1, 0.15) is 0 Å². The molecular weight excluding hydrogens is 536 g/mol. The van der Waals surface area contributed by atoms with E-state index < -0.39 is 23.3 Å². The Balaban J connectivity index is 0.00000380. The second-order valence-electron chi connectivity index (χ2n) is 9.03. The number of nitrogens with zero attached hydrogens (tertiary/aromatic N) is 3. The molecule has 9 nitrogen and oxygen atoms in total. The number of guanidine groups is 1. The molecule has 0 unspecified atom stereocenters. The van der Waals surface area contributed by atoms with Crippen LogP contribution in [-0.4, -0.2) is 51.6 Å². The predicted octanol–water partition coefficient (Wildman–Crippen LogP) is 4.36. The van der Waals surface area contributed by atoms with E-state index in [-0.39, 0.29) is 59.2 Å². The van der Waals surface area contributed by atoms with Crippen molar-refractivity contribution in [1.82, 2.24) is 20.4 Å². The molecule has 4 rings (SSSR count).